The number of rotatable bonds is 8. The first kappa shape index (κ1) is 22.5. The van der Waals surface area contributed by atoms with Crippen LogP contribution in [0.4, 0.5) is 5.82 Å². The topological polar surface area (TPSA) is 66.6 Å². The highest BCUT2D eigenvalue weighted by Crippen LogP contribution is 2.31. The summed E-state index contributed by atoms with van der Waals surface area (Å²) in [4.78, 5) is 2.37. The van der Waals surface area contributed by atoms with Crippen LogP contribution in [0.3, 0.4) is 0 Å². The lowest BCUT2D eigenvalue weighted by molar-refractivity contribution is -0.0384. The first-order chi connectivity index (χ1) is 14.9. The Labute approximate surface area is 186 Å². The summed E-state index contributed by atoms with van der Waals surface area (Å²) in [5.41, 5.74) is 1.91. The third kappa shape index (κ3) is 5.57. The highest BCUT2D eigenvalue weighted by Gasteiger charge is 2.26. The zero-order chi connectivity index (χ0) is 21.8. The van der Waals surface area contributed by atoms with E-state index in [9.17, 15) is 0 Å². The summed E-state index contributed by atoms with van der Waals surface area (Å²) in [6.07, 6.45) is 5.11. The monoisotopic (exact) mass is 447 g/mol. The van der Waals surface area contributed by atoms with Gasteiger partial charge in [0.2, 0.25) is 0 Å². The molecule has 0 saturated carbocycles. The zero-order valence-corrected chi connectivity index (χ0v) is 20.4. The molecule has 31 heavy (non-hydrogen) atoms. The van der Waals surface area contributed by atoms with Crippen LogP contribution in [-0.4, -0.2) is 66.6 Å². The molecule has 2 unspecified atom stereocenters. The van der Waals surface area contributed by atoms with E-state index in [1.165, 1.54) is 6.42 Å². The van der Waals surface area contributed by atoms with Crippen molar-refractivity contribution in [1.82, 2.24) is 19.6 Å². The van der Waals surface area contributed by atoms with Crippen molar-refractivity contribution in [3.05, 3.63) is 18.3 Å². The molecule has 2 aromatic heterocycles. The maximum absolute atomic E-state index is 6.07. The van der Waals surface area contributed by atoms with Gasteiger partial charge >= 0.3 is 0 Å². The van der Waals surface area contributed by atoms with E-state index in [4.69, 9.17) is 19.3 Å². The van der Waals surface area contributed by atoms with E-state index in [0.29, 0.717) is 12.8 Å². The molecule has 0 spiro atoms. The van der Waals surface area contributed by atoms with Crippen LogP contribution in [0.2, 0.25) is 25.7 Å². The van der Waals surface area contributed by atoms with Crippen molar-refractivity contribution in [2.75, 3.05) is 37.9 Å². The van der Waals surface area contributed by atoms with Crippen LogP contribution in [0, 0.1) is 0 Å². The lowest BCUT2D eigenvalue weighted by Gasteiger charge is -2.35. The molecule has 8 nitrogen and oxygen atoms in total. The van der Waals surface area contributed by atoms with Crippen LogP contribution < -0.4 is 4.90 Å². The summed E-state index contributed by atoms with van der Waals surface area (Å²) in [7, 11) is -1.12. The molecule has 2 aliphatic rings. The number of morpholine rings is 1. The Balaban J connectivity index is 1.58. The molecular weight excluding hydrogens is 410 g/mol. The average Bonchev–Trinajstić information content (AvgIpc) is 3.39. The predicted octanol–water partition coefficient (Wildman–Crippen LogP) is 3.98. The molecule has 172 valence electrons. The highest BCUT2D eigenvalue weighted by molar-refractivity contribution is 6.76. The smallest absolute Gasteiger partial charge is 0.150 e. The lowest BCUT2D eigenvalue weighted by Crippen LogP contribution is -2.44. The van der Waals surface area contributed by atoms with Gasteiger partial charge in [-0.1, -0.05) is 19.6 Å². The third-order valence-corrected chi connectivity index (χ3v) is 7.70. The minimum absolute atomic E-state index is 0.0114. The summed E-state index contributed by atoms with van der Waals surface area (Å²) >= 11 is 0. The molecule has 2 fully saturated rings. The number of hydrogen-bond donors (Lipinski definition) is 0. The van der Waals surface area contributed by atoms with Crippen LogP contribution in [0.5, 0.6) is 0 Å². The van der Waals surface area contributed by atoms with Crippen LogP contribution in [0.25, 0.3) is 11.4 Å². The fourth-order valence-corrected chi connectivity index (χ4v) is 4.88. The van der Waals surface area contributed by atoms with E-state index in [-0.39, 0.29) is 6.23 Å². The van der Waals surface area contributed by atoms with Gasteiger partial charge in [0, 0.05) is 40.1 Å². The summed E-state index contributed by atoms with van der Waals surface area (Å²) in [5.74, 6) is 1.08. The van der Waals surface area contributed by atoms with E-state index in [0.717, 1.165) is 69.1 Å². The molecule has 0 N–H and O–H groups in total. The molecule has 2 aliphatic heterocycles. The second kappa shape index (κ2) is 9.85. The summed E-state index contributed by atoms with van der Waals surface area (Å²) in [6.45, 7) is 13.6. The molecule has 4 heterocycles. The Hall–Kier alpha value is -1.68. The van der Waals surface area contributed by atoms with Crippen molar-refractivity contribution < 1.29 is 14.2 Å². The molecule has 0 bridgehead atoms. The van der Waals surface area contributed by atoms with E-state index < -0.39 is 8.07 Å². The Bertz CT molecular complexity index is 841. The molecule has 0 aromatic carbocycles. The van der Waals surface area contributed by atoms with Crippen molar-refractivity contribution in [1.29, 1.82) is 0 Å². The fourth-order valence-electron chi connectivity index (χ4n) is 4.12. The Kier molecular flexibility index (Phi) is 7.15. The van der Waals surface area contributed by atoms with Crippen molar-refractivity contribution in [3.63, 3.8) is 0 Å². The quantitative estimate of drug-likeness (QED) is 0.450. The van der Waals surface area contributed by atoms with Crippen LogP contribution in [0.1, 0.15) is 32.4 Å². The van der Waals surface area contributed by atoms with Gasteiger partial charge in [0.05, 0.1) is 24.9 Å². The molecule has 2 saturated heterocycles. The molecule has 0 aliphatic carbocycles. The van der Waals surface area contributed by atoms with Crippen molar-refractivity contribution in [2.24, 2.45) is 0 Å². The van der Waals surface area contributed by atoms with Gasteiger partial charge in [-0.05, 0) is 38.3 Å². The minimum atomic E-state index is -1.12. The van der Waals surface area contributed by atoms with E-state index in [1.807, 2.05) is 21.6 Å². The van der Waals surface area contributed by atoms with Crippen molar-refractivity contribution in [3.8, 4) is 11.4 Å². The number of hydrogen-bond acceptors (Lipinski definition) is 6. The largest absolute Gasteiger partial charge is 0.377 e. The third-order valence-electron chi connectivity index (χ3n) is 5.99. The molecule has 4 rings (SSSR count). The normalized spacial score (nSPS) is 22.8. The minimum Gasteiger partial charge on any atom is -0.377 e. The molecule has 0 radical (unpaired) electrons. The van der Waals surface area contributed by atoms with Gasteiger partial charge in [0.1, 0.15) is 18.2 Å². The first-order valence-corrected chi connectivity index (χ1v) is 15.3. The van der Waals surface area contributed by atoms with Gasteiger partial charge in [-0.3, -0.25) is 0 Å². The van der Waals surface area contributed by atoms with Crippen LogP contribution in [-0.2, 0) is 20.9 Å². The van der Waals surface area contributed by atoms with Gasteiger partial charge in [-0.2, -0.15) is 10.2 Å². The van der Waals surface area contributed by atoms with E-state index in [2.05, 4.69) is 42.6 Å². The van der Waals surface area contributed by atoms with Crippen LogP contribution in [0.15, 0.2) is 18.3 Å². The fraction of sp³-hybridized carbons (Fsp3) is 0.727. The summed E-state index contributed by atoms with van der Waals surface area (Å²) in [6, 6.07) is 5.64. The second-order valence-electron chi connectivity index (χ2n) is 9.83. The maximum Gasteiger partial charge on any atom is 0.150 e. The second-order valence-corrected chi connectivity index (χ2v) is 15.5. The van der Waals surface area contributed by atoms with Gasteiger partial charge in [-0.15, -0.1) is 0 Å². The highest BCUT2D eigenvalue weighted by atomic mass is 28.3. The molecule has 9 heteroatoms. The van der Waals surface area contributed by atoms with Gasteiger partial charge in [0.15, 0.2) is 6.23 Å². The van der Waals surface area contributed by atoms with Gasteiger partial charge in [0.25, 0.3) is 0 Å². The predicted molar refractivity (Wildman–Crippen MR) is 124 cm³/mol. The molecular formula is C22H37N5O3Si. The average molecular weight is 448 g/mol. The van der Waals surface area contributed by atoms with Crippen molar-refractivity contribution in [2.45, 2.75) is 70.9 Å². The number of aromatic nitrogens is 4. The Morgan fingerprint density at radius 1 is 1.23 bits per heavy atom. The standard InChI is InChI=1S/C22H37N5O3Si/c1-18-16-28-12-10-25(18)21-15-19(24-26(21)17-29-13-14-31(2,3)4)20-8-9-23-27(20)22-7-5-6-11-30-22/h8-9,15,18,22H,5-7,10-14,16-17H2,1-4H3. The Morgan fingerprint density at radius 2 is 2.10 bits per heavy atom. The number of ether oxygens (including phenoxy) is 3. The van der Waals surface area contributed by atoms with Gasteiger partial charge in [-0.25, -0.2) is 9.36 Å². The van der Waals surface area contributed by atoms with E-state index in [1.54, 1.807) is 0 Å². The molecule has 0 amide bonds. The van der Waals surface area contributed by atoms with E-state index >= 15 is 0 Å². The lowest BCUT2D eigenvalue weighted by atomic mass is 10.2. The molecule has 2 aromatic rings. The molecule has 2 atom stereocenters. The van der Waals surface area contributed by atoms with Gasteiger partial charge < -0.3 is 19.1 Å². The van der Waals surface area contributed by atoms with Crippen molar-refractivity contribution >= 4 is 13.9 Å². The Morgan fingerprint density at radius 3 is 2.84 bits per heavy atom. The zero-order valence-electron chi connectivity index (χ0n) is 19.4. The number of anilines is 1. The summed E-state index contributed by atoms with van der Waals surface area (Å²) < 4.78 is 21.7. The first-order valence-electron chi connectivity index (χ1n) is 11.6. The number of nitrogens with zero attached hydrogens (tertiary/aromatic N) is 5. The maximum atomic E-state index is 6.07. The summed E-state index contributed by atoms with van der Waals surface area (Å²) in [5, 5.41) is 9.52. The SMILES string of the molecule is CC1COCCN1c1cc(-c2ccnn2C2CCCCO2)nn1COCC[Si](C)(C)C. The van der Waals surface area contributed by atoms with Crippen LogP contribution >= 0.6 is 0 Å².